The fraction of sp³-hybridized carbons (Fsp3) is 1.00. The van der Waals surface area contributed by atoms with Crippen molar-refractivity contribution in [2.75, 3.05) is 25.4 Å². The van der Waals surface area contributed by atoms with Gasteiger partial charge in [0.25, 0.3) is 0 Å². The Morgan fingerprint density at radius 2 is 1.78 bits per heavy atom. The number of piperidine rings is 1. The van der Waals surface area contributed by atoms with Crippen LogP contribution in [0.5, 0.6) is 0 Å². The summed E-state index contributed by atoms with van der Waals surface area (Å²) >= 11 is 0. The van der Waals surface area contributed by atoms with Gasteiger partial charge in [-0.15, -0.1) is 0 Å². The van der Waals surface area contributed by atoms with Crippen LogP contribution >= 0.6 is 0 Å². The Labute approximate surface area is 112 Å². The van der Waals surface area contributed by atoms with Crippen molar-refractivity contribution in [2.24, 2.45) is 5.41 Å². The van der Waals surface area contributed by atoms with Crippen LogP contribution in [0.1, 0.15) is 47.0 Å². The summed E-state index contributed by atoms with van der Waals surface area (Å²) in [6.07, 6.45) is 2.59. The second kappa shape index (κ2) is 6.35. The van der Waals surface area contributed by atoms with Gasteiger partial charge in [0.1, 0.15) is 0 Å². The Hall–Kier alpha value is -0.130. The lowest BCUT2D eigenvalue weighted by atomic mass is 9.94. The smallest absolute Gasteiger partial charge is 0.214 e. The predicted molar refractivity (Wildman–Crippen MR) is 76.1 cm³/mol. The highest BCUT2D eigenvalue weighted by Crippen LogP contribution is 2.22. The first-order valence-corrected chi connectivity index (χ1v) is 8.57. The second-order valence-corrected chi connectivity index (χ2v) is 8.45. The average Bonchev–Trinajstić information content (AvgIpc) is 2.27. The second-order valence-electron chi connectivity index (χ2n) is 6.36. The van der Waals surface area contributed by atoms with E-state index in [1.807, 2.05) is 0 Å². The van der Waals surface area contributed by atoms with E-state index in [-0.39, 0.29) is 11.2 Å². The third kappa shape index (κ3) is 5.24. The Bertz CT molecular complexity index is 338. The zero-order valence-corrected chi connectivity index (χ0v) is 13.0. The molecule has 0 spiro atoms. The summed E-state index contributed by atoms with van der Waals surface area (Å²) in [5.74, 6) is 0.280. The molecule has 0 saturated carbocycles. The number of hydrogen-bond acceptors (Lipinski definition) is 3. The van der Waals surface area contributed by atoms with E-state index in [0.717, 1.165) is 25.8 Å². The van der Waals surface area contributed by atoms with Crippen molar-refractivity contribution in [3.63, 3.8) is 0 Å². The van der Waals surface area contributed by atoms with Gasteiger partial charge in [-0.3, -0.25) is 0 Å². The number of nitrogens with zero attached hydrogens (tertiary/aromatic N) is 1. The maximum atomic E-state index is 12.2. The minimum atomic E-state index is -3.05. The van der Waals surface area contributed by atoms with E-state index in [0.29, 0.717) is 19.1 Å². The van der Waals surface area contributed by atoms with Crippen LogP contribution in [0.15, 0.2) is 0 Å². The third-order valence-corrected chi connectivity index (χ3v) is 5.32. The minimum absolute atomic E-state index is 0.0785. The van der Waals surface area contributed by atoms with E-state index >= 15 is 0 Å². The summed E-state index contributed by atoms with van der Waals surface area (Å²) < 4.78 is 26.1. The van der Waals surface area contributed by atoms with E-state index < -0.39 is 10.0 Å². The minimum Gasteiger partial charge on any atom is -0.314 e. The van der Waals surface area contributed by atoms with Crippen LogP contribution in [0.4, 0.5) is 0 Å². The van der Waals surface area contributed by atoms with Gasteiger partial charge in [0.15, 0.2) is 0 Å². The molecule has 0 aromatic heterocycles. The normalized spacial score (nSPS) is 20.2. The number of rotatable bonds is 5. The SMILES string of the molecule is CCNC1CCN(S(=O)(=O)CCC(C)(C)C)CC1. The van der Waals surface area contributed by atoms with Gasteiger partial charge in [-0.25, -0.2) is 12.7 Å². The largest absolute Gasteiger partial charge is 0.314 e. The highest BCUT2D eigenvalue weighted by atomic mass is 32.2. The summed E-state index contributed by atoms with van der Waals surface area (Å²) in [5, 5.41) is 3.39. The molecule has 1 aliphatic rings. The lowest BCUT2D eigenvalue weighted by molar-refractivity contribution is 0.290. The Morgan fingerprint density at radius 1 is 1.22 bits per heavy atom. The van der Waals surface area contributed by atoms with E-state index in [1.54, 1.807) is 4.31 Å². The molecule has 1 rings (SSSR count). The van der Waals surface area contributed by atoms with Gasteiger partial charge < -0.3 is 5.32 Å². The van der Waals surface area contributed by atoms with Crippen LogP contribution in [0.25, 0.3) is 0 Å². The molecule has 0 aliphatic carbocycles. The van der Waals surface area contributed by atoms with Crippen molar-refractivity contribution in [1.82, 2.24) is 9.62 Å². The highest BCUT2D eigenvalue weighted by Gasteiger charge is 2.28. The lowest BCUT2D eigenvalue weighted by Gasteiger charge is -2.32. The van der Waals surface area contributed by atoms with Gasteiger partial charge in [-0.1, -0.05) is 27.7 Å². The van der Waals surface area contributed by atoms with Crippen molar-refractivity contribution < 1.29 is 8.42 Å². The summed E-state index contributed by atoms with van der Waals surface area (Å²) in [6.45, 7) is 10.6. The quantitative estimate of drug-likeness (QED) is 0.833. The van der Waals surface area contributed by atoms with Crippen molar-refractivity contribution in [3.8, 4) is 0 Å². The number of hydrogen-bond donors (Lipinski definition) is 1. The Balaban J connectivity index is 2.45. The van der Waals surface area contributed by atoms with E-state index in [9.17, 15) is 8.42 Å². The van der Waals surface area contributed by atoms with Crippen LogP contribution in [-0.4, -0.2) is 44.2 Å². The standard InChI is InChI=1S/C13H28N2O2S/c1-5-14-12-6-9-15(10-7-12)18(16,17)11-8-13(2,3)4/h12,14H,5-11H2,1-4H3. The number of nitrogens with one attached hydrogen (secondary N) is 1. The molecule has 0 aromatic rings. The highest BCUT2D eigenvalue weighted by molar-refractivity contribution is 7.89. The zero-order chi connectivity index (χ0) is 13.8. The molecule has 0 atom stereocenters. The molecular weight excluding hydrogens is 248 g/mol. The zero-order valence-electron chi connectivity index (χ0n) is 12.2. The Morgan fingerprint density at radius 3 is 2.22 bits per heavy atom. The van der Waals surface area contributed by atoms with Crippen molar-refractivity contribution in [1.29, 1.82) is 0 Å². The maximum Gasteiger partial charge on any atom is 0.214 e. The molecule has 18 heavy (non-hydrogen) atoms. The molecule has 0 amide bonds. The molecule has 108 valence electrons. The summed E-state index contributed by atoms with van der Waals surface area (Å²) in [6, 6.07) is 0.490. The molecule has 0 radical (unpaired) electrons. The first-order valence-electron chi connectivity index (χ1n) is 6.96. The molecule has 5 heteroatoms. The van der Waals surface area contributed by atoms with E-state index in [2.05, 4.69) is 33.0 Å². The molecule has 1 heterocycles. The first-order chi connectivity index (χ1) is 8.24. The van der Waals surface area contributed by atoms with Crippen LogP contribution in [-0.2, 0) is 10.0 Å². The summed E-state index contributed by atoms with van der Waals surface area (Å²) in [5.41, 5.74) is 0.0785. The third-order valence-electron chi connectivity index (χ3n) is 3.45. The van der Waals surface area contributed by atoms with E-state index in [1.165, 1.54) is 0 Å². The lowest BCUT2D eigenvalue weighted by Crippen LogP contribution is -2.45. The topological polar surface area (TPSA) is 49.4 Å². The van der Waals surface area contributed by atoms with Gasteiger partial charge in [-0.2, -0.15) is 0 Å². The van der Waals surface area contributed by atoms with Crippen LogP contribution in [0.2, 0.25) is 0 Å². The molecule has 4 nitrogen and oxygen atoms in total. The first kappa shape index (κ1) is 15.9. The maximum absolute atomic E-state index is 12.2. The fourth-order valence-corrected chi connectivity index (χ4v) is 4.09. The average molecular weight is 276 g/mol. The predicted octanol–water partition coefficient (Wildman–Crippen LogP) is 1.83. The van der Waals surface area contributed by atoms with E-state index in [4.69, 9.17) is 0 Å². The fourth-order valence-electron chi connectivity index (χ4n) is 2.19. The van der Waals surface area contributed by atoms with Crippen LogP contribution in [0, 0.1) is 5.41 Å². The molecule has 0 bridgehead atoms. The van der Waals surface area contributed by atoms with Crippen LogP contribution in [0.3, 0.4) is 0 Å². The van der Waals surface area contributed by atoms with Crippen molar-refractivity contribution in [2.45, 2.75) is 53.0 Å². The Kier molecular flexibility index (Phi) is 5.62. The van der Waals surface area contributed by atoms with Gasteiger partial charge in [0, 0.05) is 19.1 Å². The van der Waals surface area contributed by atoms with Gasteiger partial charge in [-0.05, 0) is 31.2 Å². The summed E-state index contributed by atoms with van der Waals surface area (Å²) in [4.78, 5) is 0. The molecular formula is C13H28N2O2S. The van der Waals surface area contributed by atoms with Crippen molar-refractivity contribution in [3.05, 3.63) is 0 Å². The van der Waals surface area contributed by atoms with Gasteiger partial charge >= 0.3 is 0 Å². The van der Waals surface area contributed by atoms with Crippen molar-refractivity contribution >= 4 is 10.0 Å². The molecule has 1 fully saturated rings. The molecule has 0 aromatic carbocycles. The molecule has 1 N–H and O–H groups in total. The van der Waals surface area contributed by atoms with Crippen LogP contribution < -0.4 is 5.32 Å². The molecule has 1 aliphatic heterocycles. The molecule has 0 unspecified atom stereocenters. The number of sulfonamides is 1. The van der Waals surface area contributed by atoms with Gasteiger partial charge in [0.2, 0.25) is 10.0 Å². The van der Waals surface area contributed by atoms with Gasteiger partial charge in [0.05, 0.1) is 5.75 Å². The monoisotopic (exact) mass is 276 g/mol. The summed E-state index contributed by atoms with van der Waals surface area (Å²) in [7, 11) is -3.05. The molecule has 1 saturated heterocycles.